The molecule has 8 atom stereocenters. The molecule has 5 aliphatic carbocycles. The summed E-state index contributed by atoms with van der Waals surface area (Å²) in [5.74, 6) is 0.207. The lowest BCUT2D eigenvalue weighted by Gasteiger charge is -2.69. The van der Waals surface area contributed by atoms with Gasteiger partial charge in [0, 0.05) is 24.2 Å². The van der Waals surface area contributed by atoms with Gasteiger partial charge in [0.05, 0.1) is 13.2 Å². The average Bonchev–Trinajstić information content (AvgIpc) is 2.86. The highest BCUT2D eigenvalue weighted by Gasteiger charge is 2.68. The van der Waals surface area contributed by atoms with Crippen LogP contribution in [-0.2, 0) is 19.1 Å². The first-order chi connectivity index (χ1) is 18.1. The number of fused-ring (bicyclic) bond motifs is 7. The van der Waals surface area contributed by atoms with Crippen molar-refractivity contribution < 1.29 is 19.1 Å². The molecule has 0 bridgehead atoms. The van der Waals surface area contributed by atoms with Gasteiger partial charge >= 0.3 is 5.97 Å². The number of rotatable bonds is 4. The first-order valence-corrected chi connectivity index (χ1v) is 15.2. The van der Waals surface area contributed by atoms with Gasteiger partial charge in [-0.25, -0.2) is 4.85 Å². The van der Waals surface area contributed by atoms with Gasteiger partial charge in [-0.2, -0.15) is 0 Å². The predicted molar refractivity (Wildman–Crippen MR) is 151 cm³/mol. The summed E-state index contributed by atoms with van der Waals surface area (Å²) in [6.07, 6.45) is 13.2. The lowest BCUT2D eigenvalue weighted by atomic mass is 9.34. The molecule has 5 rings (SSSR count). The second-order valence-electron chi connectivity index (χ2n) is 15.2. The minimum Gasteiger partial charge on any atom is -0.466 e. The molecule has 0 aromatic rings. The van der Waals surface area contributed by atoms with Gasteiger partial charge < -0.3 is 9.53 Å². The standard InChI is InChI=1S/C34H47NO4/c1-21-23-10-12-32(6)27(31(23,5)20-25(35-8)29(21)38)18-26(37)28-24-19-30(3,4)13-15-34(24,16-14-33(28,32)7)11-9-17-39-22(2)36/h18,20-21,23-24,28H,9-17,19H2,1-7H3/t21-,23-,24-,28-,31-,32+,33+,34+/m0/s1. The summed E-state index contributed by atoms with van der Waals surface area (Å²) in [4.78, 5) is 42.5. The number of esters is 1. The SMILES string of the molecule is [C-]#[N+]C1=C[C@]2(C)C3=CC(=O)[C@@H]4[C@@H]5CC(C)(C)CC[C@]5(CCCOC(C)=O)CC[C@@]4(C)[C@]3(C)CC[C@H]2[C@H](C)C1=O. The van der Waals surface area contributed by atoms with Crippen molar-refractivity contribution in [2.75, 3.05) is 6.61 Å². The maximum atomic E-state index is 14.5. The highest BCUT2D eigenvalue weighted by Crippen LogP contribution is 2.74. The van der Waals surface area contributed by atoms with Crippen molar-refractivity contribution in [3.8, 4) is 0 Å². The number of hydrogen-bond acceptors (Lipinski definition) is 4. The van der Waals surface area contributed by atoms with Gasteiger partial charge in [-0.05, 0) is 97.4 Å². The summed E-state index contributed by atoms with van der Waals surface area (Å²) in [5.41, 5.74) is 0.949. The number of carbonyl (C=O) groups is 3. The summed E-state index contributed by atoms with van der Waals surface area (Å²) >= 11 is 0. The van der Waals surface area contributed by atoms with Crippen molar-refractivity contribution in [1.29, 1.82) is 0 Å². The zero-order valence-electron chi connectivity index (χ0n) is 25.1. The molecule has 0 aromatic heterocycles. The Morgan fingerprint density at radius 2 is 1.74 bits per heavy atom. The van der Waals surface area contributed by atoms with Crippen molar-refractivity contribution in [1.82, 2.24) is 0 Å². The van der Waals surface area contributed by atoms with Gasteiger partial charge in [0.2, 0.25) is 5.70 Å². The number of carbonyl (C=O) groups excluding carboxylic acids is 3. The molecule has 5 nitrogen and oxygen atoms in total. The fraction of sp³-hybridized carbons (Fsp3) is 0.765. The molecule has 0 heterocycles. The van der Waals surface area contributed by atoms with Crippen LogP contribution in [0.1, 0.15) is 106 Å². The third kappa shape index (κ3) is 4.02. The van der Waals surface area contributed by atoms with Gasteiger partial charge in [0.15, 0.2) is 11.6 Å². The van der Waals surface area contributed by atoms with Crippen molar-refractivity contribution in [3.63, 3.8) is 0 Å². The van der Waals surface area contributed by atoms with Crippen LogP contribution >= 0.6 is 0 Å². The van der Waals surface area contributed by atoms with Crippen molar-refractivity contribution in [2.24, 2.45) is 50.7 Å². The highest BCUT2D eigenvalue weighted by molar-refractivity contribution is 6.01. The van der Waals surface area contributed by atoms with E-state index in [9.17, 15) is 14.4 Å². The molecule has 0 aromatic carbocycles. The molecule has 3 saturated carbocycles. The number of allylic oxidation sites excluding steroid dienone is 4. The number of hydrogen-bond donors (Lipinski definition) is 0. The van der Waals surface area contributed by atoms with E-state index in [4.69, 9.17) is 11.3 Å². The molecular formula is C34H47NO4. The summed E-state index contributed by atoms with van der Waals surface area (Å²) in [6.45, 7) is 23.3. The first kappa shape index (κ1) is 28.3. The number of ether oxygens (including phenoxy) is 1. The van der Waals surface area contributed by atoms with E-state index in [0.717, 1.165) is 51.4 Å². The Hall–Kier alpha value is -2.22. The molecule has 0 N–H and O–H groups in total. The maximum absolute atomic E-state index is 14.5. The Bertz CT molecular complexity index is 1200. The van der Waals surface area contributed by atoms with E-state index in [0.29, 0.717) is 12.5 Å². The van der Waals surface area contributed by atoms with E-state index < -0.39 is 5.41 Å². The number of nitrogens with zero attached hydrogens (tertiary/aromatic N) is 1. The second-order valence-corrected chi connectivity index (χ2v) is 15.2. The molecular weight excluding hydrogens is 486 g/mol. The molecule has 0 spiro atoms. The van der Waals surface area contributed by atoms with Crippen LogP contribution in [0.5, 0.6) is 0 Å². The van der Waals surface area contributed by atoms with E-state index in [1.807, 2.05) is 19.1 Å². The Balaban J connectivity index is 1.58. The average molecular weight is 534 g/mol. The van der Waals surface area contributed by atoms with Crippen LogP contribution in [0, 0.1) is 57.3 Å². The summed E-state index contributed by atoms with van der Waals surface area (Å²) < 4.78 is 5.31. The molecule has 0 aliphatic heterocycles. The topological polar surface area (TPSA) is 64.8 Å². The monoisotopic (exact) mass is 533 g/mol. The van der Waals surface area contributed by atoms with E-state index in [1.54, 1.807) is 0 Å². The van der Waals surface area contributed by atoms with Gasteiger partial charge in [0.1, 0.15) is 0 Å². The van der Waals surface area contributed by atoms with Crippen LogP contribution < -0.4 is 0 Å². The van der Waals surface area contributed by atoms with Gasteiger partial charge in [-0.3, -0.25) is 9.59 Å². The van der Waals surface area contributed by atoms with E-state index in [2.05, 4.69) is 39.5 Å². The Morgan fingerprint density at radius 3 is 2.41 bits per heavy atom. The van der Waals surface area contributed by atoms with Crippen LogP contribution in [0.4, 0.5) is 0 Å². The second kappa shape index (κ2) is 9.15. The third-order valence-corrected chi connectivity index (χ3v) is 12.8. The van der Waals surface area contributed by atoms with Gasteiger partial charge in [0.25, 0.3) is 0 Å². The smallest absolute Gasteiger partial charge is 0.302 e. The van der Waals surface area contributed by atoms with E-state index in [-0.39, 0.29) is 62.6 Å². The fourth-order valence-corrected chi connectivity index (χ4v) is 10.4. The van der Waals surface area contributed by atoms with Gasteiger partial charge in [-0.1, -0.05) is 53.2 Å². The predicted octanol–water partition coefficient (Wildman–Crippen LogP) is 7.51. The van der Waals surface area contributed by atoms with Crippen molar-refractivity contribution in [2.45, 2.75) is 106 Å². The largest absolute Gasteiger partial charge is 0.466 e. The molecule has 39 heavy (non-hydrogen) atoms. The molecule has 0 radical (unpaired) electrons. The Labute approximate surface area is 235 Å². The minimum absolute atomic E-state index is 0.0274. The van der Waals surface area contributed by atoms with Crippen LogP contribution in [0.25, 0.3) is 4.85 Å². The summed E-state index contributed by atoms with van der Waals surface area (Å²) in [6, 6.07) is 0. The lowest BCUT2D eigenvalue weighted by Crippen LogP contribution is -2.64. The molecule has 5 heteroatoms. The summed E-state index contributed by atoms with van der Waals surface area (Å²) in [7, 11) is 0. The maximum Gasteiger partial charge on any atom is 0.302 e. The number of Topliss-reactive ketones (excluding diaryl/α,β-unsaturated/α-hetero) is 1. The van der Waals surface area contributed by atoms with Crippen LogP contribution in [0.3, 0.4) is 0 Å². The van der Waals surface area contributed by atoms with Crippen LogP contribution in [-0.4, -0.2) is 24.1 Å². The molecule has 0 saturated heterocycles. The quantitative estimate of drug-likeness (QED) is 0.213. The first-order valence-electron chi connectivity index (χ1n) is 15.2. The Kier molecular flexibility index (Phi) is 6.64. The lowest BCUT2D eigenvalue weighted by molar-refractivity contribution is -0.171. The van der Waals surface area contributed by atoms with Crippen LogP contribution in [0.15, 0.2) is 23.4 Å². The molecule has 0 amide bonds. The molecule has 212 valence electrons. The highest BCUT2D eigenvalue weighted by atomic mass is 16.5. The fourth-order valence-electron chi connectivity index (χ4n) is 10.4. The Morgan fingerprint density at radius 1 is 1.05 bits per heavy atom. The van der Waals surface area contributed by atoms with Crippen molar-refractivity contribution >= 4 is 17.5 Å². The summed E-state index contributed by atoms with van der Waals surface area (Å²) in [5, 5.41) is 0. The molecule has 5 aliphatic rings. The van der Waals surface area contributed by atoms with Crippen molar-refractivity contribution in [3.05, 3.63) is 34.8 Å². The van der Waals surface area contributed by atoms with E-state index >= 15 is 0 Å². The van der Waals surface area contributed by atoms with Crippen LogP contribution in [0.2, 0.25) is 0 Å². The third-order valence-electron chi connectivity index (χ3n) is 12.8. The van der Waals surface area contributed by atoms with Gasteiger partial charge in [-0.15, -0.1) is 0 Å². The molecule has 3 fully saturated rings. The zero-order valence-corrected chi connectivity index (χ0v) is 25.1. The number of ketones is 2. The zero-order chi connectivity index (χ0) is 28.6. The minimum atomic E-state index is -0.450. The van der Waals surface area contributed by atoms with E-state index in [1.165, 1.54) is 18.9 Å². The molecule has 0 unspecified atom stereocenters. The normalized spacial score (nSPS) is 44.5.